The third-order valence-corrected chi connectivity index (χ3v) is 4.51. The van der Waals surface area contributed by atoms with Crippen LogP contribution in [-0.4, -0.2) is 25.9 Å². The summed E-state index contributed by atoms with van der Waals surface area (Å²) in [4.78, 5) is 11.1. The lowest BCUT2D eigenvalue weighted by molar-refractivity contribution is -0.385. The van der Waals surface area contributed by atoms with E-state index in [-0.39, 0.29) is 24.1 Å². The summed E-state index contributed by atoms with van der Waals surface area (Å²) in [6.45, 7) is 0.179. The van der Waals surface area contributed by atoms with Crippen LogP contribution in [0.3, 0.4) is 0 Å². The second-order valence-electron chi connectivity index (χ2n) is 6.00. The molecule has 1 unspecified atom stereocenters. The SMILES string of the molecule is [2H]C([2H])([2H])Oc1ccc(C2CCc3cc(OCOC)ccc3C2)c([N+](=O)[O-])c1. The molecule has 0 heterocycles. The summed E-state index contributed by atoms with van der Waals surface area (Å²) in [6.07, 6.45) is 2.19. The maximum Gasteiger partial charge on any atom is 0.276 e. The van der Waals surface area contributed by atoms with Crippen LogP contribution < -0.4 is 9.47 Å². The highest BCUT2D eigenvalue weighted by Crippen LogP contribution is 2.39. The van der Waals surface area contributed by atoms with Crippen LogP contribution in [0.25, 0.3) is 0 Å². The lowest BCUT2D eigenvalue weighted by atomic mass is 9.79. The highest BCUT2D eigenvalue weighted by atomic mass is 16.7. The molecule has 0 saturated carbocycles. The van der Waals surface area contributed by atoms with E-state index in [9.17, 15) is 10.1 Å². The Labute approximate surface area is 150 Å². The van der Waals surface area contributed by atoms with Gasteiger partial charge < -0.3 is 14.2 Å². The minimum Gasteiger partial charge on any atom is -0.497 e. The maximum atomic E-state index is 11.6. The molecule has 25 heavy (non-hydrogen) atoms. The Morgan fingerprint density at radius 3 is 2.84 bits per heavy atom. The smallest absolute Gasteiger partial charge is 0.276 e. The summed E-state index contributed by atoms with van der Waals surface area (Å²) in [6, 6.07) is 10.1. The van der Waals surface area contributed by atoms with Gasteiger partial charge in [0.25, 0.3) is 5.69 Å². The third-order valence-electron chi connectivity index (χ3n) is 4.51. The molecule has 0 bridgehead atoms. The molecule has 1 aliphatic rings. The molecule has 3 rings (SSSR count). The van der Waals surface area contributed by atoms with Gasteiger partial charge in [-0.2, -0.15) is 0 Å². The molecule has 6 nitrogen and oxygen atoms in total. The lowest BCUT2D eigenvalue weighted by Gasteiger charge is -2.25. The van der Waals surface area contributed by atoms with Crippen molar-refractivity contribution in [1.82, 2.24) is 0 Å². The summed E-state index contributed by atoms with van der Waals surface area (Å²) in [5.74, 6) is 0.670. The number of nitrogens with zero attached hydrogens (tertiary/aromatic N) is 1. The molecule has 0 saturated heterocycles. The van der Waals surface area contributed by atoms with Gasteiger partial charge in [0.05, 0.1) is 22.1 Å². The van der Waals surface area contributed by atoms with Gasteiger partial charge in [-0.1, -0.05) is 6.07 Å². The second-order valence-corrected chi connectivity index (χ2v) is 6.00. The third kappa shape index (κ3) is 3.74. The van der Waals surface area contributed by atoms with Crippen molar-refractivity contribution in [3.05, 3.63) is 63.2 Å². The number of hydrogen-bond donors (Lipinski definition) is 0. The Kier molecular flexibility index (Phi) is 4.11. The number of nitro benzene ring substituents is 1. The molecule has 0 aliphatic heterocycles. The van der Waals surface area contributed by atoms with Crippen LogP contribution in [0.1, 0.15) is 33.1 Å². The first-order valence-corrected chi connectivity index (χ1v) is 7.98. The van der Waals surface area contributed by atoms with Crippen LogP contribution in [0.5, 0.6) is 11.5 Å². The van der Waals surface area contributed by atoms with E-state index in [4.69, 9.17) is 18.3 Å². The molecule has 1 aliphatic carbocycles. The van der Waals surface area contributed by atoms with Crippen molar-refractivity contribution in [3.8, 4) is 11.5 Å². The Hall–Kier alpha value is -2.60. The monoisotopic (exact) mass is 346 g/mol. The van der Waals surface area contributed by atoms with E-state index in [0.29, 0.717) is 12.0 Å². The summed E-state index contributed by atoms with van der Waals surface area (Å²) in [5.41, 5.74) is 2.76. The van der Waals surface area contributed by atoms with Crippen molar-refractivity contribution in [1.29, 1.82) is 0 Å². The Balaban J connectivity index is 1.83. The number of fused-ring (bicyclic) bond motifs is 1. The van der Waals surface area contributed by atoms with Gasteiger partial charge in [0.15, 0.2) is 6.79 Å². The summed E-state index contributed by atoms with van der Waals surface area (Å²) >= 11 is 0. The minimum atomic E-state index is -2.65. The molecule has 0 amide bonds. The van der Waals surface area contributed by atoms with E-state index in [0.717, 1.165) is 29.7 Å². The molecule has 2 aromatic rings. The second kappa shape index (κ2) is 7.53. The zero-order chi connectivity index (χ0) is 20.3. The van der Waals surface area contributed by atoms with E-state index in [2.05, 4.69) is 0 Å². The zero-order valence-corrected chi connectivity index (χ0v) is 13.9. The molecular weight excluding hydrogens is 322 g/mol. The first kappa shape index (κ1) is 13.7. The fraction of sp³-hybridized carbons (Fsp3) is 0.368. The average Bonchev–Trinajstić information content (AvgIpc) is 2.64. The van der Waals surface area contributed by atoms with Gasteiger partial charge >= 0.3 is 0 Å². The lowest BCUT2D eigenvalue weighted by Crippen LogP contribution is -2.14. The van der Waals surface area contributed by atoms with Crippen molar-refractivity contribution in [3.63, 3.8) is 0 Å². The van der Waals surface area contributed by atoms with Gasteiger partial charge in [-0.15, -0.1) is 0 Å². The minimum absolute atomic E-state index is 0.0274. The number of aryl methyl sites for hydroxylation is 1. The van der Waals surface area contributed by atoms with Gasteiger partial charge in [0, 0.05) is 12.7 Å². The fourth-order valence-electron chi connectivity index (χ4n) is 3.30. The van der Waals surface area contributed by atoms with Gasteiger partial charge in [-0.25, -0.2) is 0 Å². The molecule has 0 radical (unpaired) electrons. The van der Waals surface area contributed by atoms with E-state index in [1.54, 1.807) is 13.2 Å². The molecule has 0 N–H and O–H groups in total. The van der Waals surface area contributed by atoms with Crippen molar-refractivity contribution < 1.29 is 23.2 Å². The average molecular weight is 346 g/mol. The number of benzene rings is 2. The van der Waals surface area contributed by atoms with Crippen LogP contribution in [-0.2, 0) is 17.6 Å². The van der Waals surface area contributed by atoms with E-state index < -0.39 is 12.0 Å². The highest BCUT2D eigenvalue weighted by molar-refractivity contribution is 5.49. The standard InChI is InChI=1S/C19H21NO5/c1-23-12-25-17-6-5-13-9-15(4-3-14(13)10-17)18-8-7-16(24-2)11-19(18)20(21)22/h5-8,10-11,15H,3-4,9,12H2,1-2H3/i2D3. The number of hydrogen-bond acceptors (Lipinski definition) is 5. The van der Waals surface area contributed by atoms with Crippen molar-refractivity contribution in [2.24, 2.45) is 0 Å². The molecule has 6 heteroatoms. The number of ether oxygens (including phenoxy) is 3. The normalized spacial score (nSPS) is 18.4. The van der Waals surface area contributed by atoms with Crippen LogP contribution in [0.2, 0.25) is 0 Å². The van der Waals surface area contributed by atoms with Gasteiger partial charge in [0.1, 0.15) is 11.5 Å². The first-order valence-electron chi connectivity index (χ1n) is 9.48. The quantitative estimate of drug-likeness (QED) is 0.451. The number of methoxy groups -OCH3 is 2. The topological polar surface area (TPSA) is 70.8 Å². The first-order chi connectivity index (χ1) is 13.3. The Morgan fingerprint density at radius 2 is 2.08 bits per heavy atom. The molecule has 132 valence electrons. The van der Waals surface area contributed by atoms with E-state index >= 15 is 0 Å². The predicted molar refractivity (Wildman–Crippen MR) is 93.4 cm³/mol. The van der Waals surface area contributed by atoms with Gasteiger partial charge in [-0.05, 0) is 60.6 Å². The fourth-order valence-corrected chi connectivity index (χ4v) is 3.30. The Bertz CT molecular complexity index is 869. The highest BCUT2D eigenvalue weighted by Gasteiger charge is 2.27. The molecule has 2 aromatic carbocycles. The van der Waals surface area contributed by atoms with Gasteiger partial charge in [0.2, 0.25) is 0 Å². The molecule has 1 atom stereocenters. The Morgan fingerprint density at radius 1 is 1.24 bits per heavy atom. The molecule has 0 fully saturated rings. The van der Waals surface area contributed by atoms with Crippen molar-refractivity contribution in [2.75, 3.05) is 20.9 Å². The van der Waals surface area contributed by atoms with Crippen molar-refractivity contribution in [2.45, 2.75) is 25.2 Å². The predicted octanol–water partition coefficient (Wildman–Crippen LogP) is 3.86. The summed E-state index contributed by atoms with van der Waals surface area (Å²) < 4.78 is 36.7. The number of nitro groups is 1. The van der Waals surface area contributed by atoms with Crippen LogP contribution in [0, 0.1) is 10.1 Å². The van der Waals surface area contributed by atoms with Crippen LogP contribution in [0.4, 0.5) is 5.69 Å². The zero-order valence-electron chi connectivity index (χ0n) is 16.9. The van der Waals surface area contributed by atoms with E-state index in [1.165, 1.54) is 12.1 Å². The maximum absolute atomic E-state index is 11.6. The largest absolute Gasteiger partial charge is 0.497 e. The summed E-state index contributed by atoms with van der Waals surface area (Å²) in [5, 5.41) is 11.6. The van der Waals surface area contributed by atoms with Gasteiger partial charge in [-0.3, -0.25) is 10.1 Å². The van der Waals surface area contributed by atoms with Crippen molar-refractivity contribution >= 4 is 5.69 Å². The molecule has 0 aromatic heterocycles. The van der Waals surface area contributed by atoms with Crippen LogP contribution >= 0.6 is 0 Å². The number of rotatable bonds is 6. The molecular formula is C19H21NO5. The molecule has 0 spiro atoms. The van der Waals surface area contributed by atoms with E-state index in [1.807, 2.05) is 18.2 Å². The summed E-state index contributed by atoms with van der Waals surface area (Å²) in [7, 11) is -1.09. The van der Waals surface area contributed by atoms with Crippen LogP contribution in [0.15, 0.2) is 36.4 Å².